The molecule has 0 bridgehead atoms. The molecule has 0 unspecified atom stereocenters. The Balaban J connectivity index is 1.52. The van der Waals surface area contributed by atoms with Crippen LogP contribution in [0.5, 0.6) is 11.5 Å². The molecule has 0 spiro atoms. The first-order valence-corrected chi connectivity index (χ1v) is 8.43. The average Bonchev–Trinajstić information content (AvgIpc) is 3.24. The second kappa shape index (κ2) is 5.65. The van der Waals surface area contributed by atoms with Crippen molar-refractivity contribution in [1.82, 2.24) is 4.90 Å². The summed E-state index contributed by atoms with van der Waals surface area (Å²) < 4.78 is 11.5. The lowest BCUT2D eigenvalue weighted by molar-refractivity contribution is -0.142. The molecule has 114 valence electrons. The fourth-order valence-corrected chi connectivity index (χ4v) is 4.01. The van der Waals surface area contributed by atoms with E-state index in [0.29, 0.717) is 11.5 Å². The van der Waals surface area contributed by atoms with Crippen LogP contribution in [0, 0.1) is 0 Å². The smallest absolute Gasteiger partial charge is 0.267 e. The predicted octanol–water partition coefficient (Wildman–Crippen LogP) is 3.25. The van der Waals surface area contributed by atoms with Crippen molar-refractivity contribution in [3.05, 3.63) is 46.7 Å². The summed E-state index contributed by atoms with van der Waals surface area (Å²) in [4.78, 5) is 16.0. The molecule has 0 radical (unpaired) electrons. The van der Waals surface area contributed by atoms with Gasteiger partial charge in [-0.3, -0.25) is 4.79 Å². The van der Waals surface area contributed by atoms with Crippen LogP contribution in [0.3, 0.4) is 0 Å². The van der Waals surface area contributed by atoms with E-state index >= 15 is 0 Å². The molecule has 4 rings (SSSR count). The van der Waals surface area contributed by atoms with Crippen molar-refractivity contribution in [2.75, 3.05) is 13.2 Å². The topological polar surface area (TPSA) is 38.8 Å². The van der Waals surface area contributed by atoms with Crippen LogP contribution in [0.25, 0.3) is 0 Å². The van der Waals surface area contributed by atoms with Gasteiger partial charge in [-0.2, -0.15) is 0 Å². The first-order chi connectivity index (χ1) is 10.8. The minimum Gasteiger partial charge on any atom is -0.485 e. The summed E-state index contributed by atoms with van der Waals surface area (Å²) in [6.07, 6.45) is 1.52. The van der Waals surface area contributed by atoms with Crippen molar-refractivity contribution in [2.45, 2.75) is 25.0 Å². The predicted molar refractivity (Wildman–Crippen MR) is 84.4 cm³/mol. The van der Waals surface area contributed by atoms with Crippen LogP contribution < -0.4 is 9.47 Å². The number of hydrogen-bond acceptors (Lipinski definition) is 4. The van der Waals surface area contributed by atoms with Crippen molar-refractivity contribution in [2.24, 2.45) is 0 Å². The van der Waals surface area contributed by atoms with Crippen molar-refractivity contribution in [3.63, 3.8) is 0 Å². The van der Waals surface area contributed by atoms with Crippen LogP contribution in [0.15, 0.2) is 41.8 Å². The Morgan fingerprint density at radius 3 is 2.86 bits per heavy atom. The molecule has 2 aliphatic rings. The maximum atomic E-state index is 12.8. The molecule has 5 heteroatoms. The number of likely N-dealkylation sites (tertiary alicyclic amines) is 1. The summed E-state index contributed by atoms with van der Waals surface area (Å²) in [7, 11) is 0. The van der Waals surface area contributed by atoms with E-state index in [-0.39, 0.29) is 18.6 Å². The third kappa shape index (κ3) is 2.35. The lowest BCUT2D eigenvalue weighted by Gasteiger charge is -2.31. The van der Waals surface area contributed by atoms with Gasteiger partial charge in [0.25, 0.3) is 5.91 Å². The Labute approximate surface area is 133 Å². The maximum absolute atomic E-state index is 12.8. The number of fused-ring (bicyclic) bond motifs is 1. The number of benzene rings is 1. The fraction of sp³-hybridized carbons (Fsp3) is 0.353. The molecule has 4 nitrogen and oxygen atoms in total. The van der Waals surface area contributed by atoms with Crippen LogP contribution in [-0.2, 0) is 4.79 Å². The second-order valence-corrected chi connectivity index (χ2v) is 6.55. The third-order valence-corrected chi connectivity index (χ3v) is 5.17. The second-order valence-electron chi connectivity index (χ2n) is 5.57. The lowest BCUT2D eigenvalue weighted by atomic mass is 10.1. The summed E-state index contributed by atoms with van der Waals surface area (Å²) >= 11 is 1.71. The monoisotopic (exact) mass is 315 g/mol. The van der Waals surface area contributed by atoms with Gasteiger partial charge in [0.1, 0.15) is 6.61 Å². The van der Waals surface area contributed by atoms with Gasteiger partial charge in [-0.05, 0) is 36.4 Å². The largest absolute Gasteiger partial charge is 0.485 e. The average molecular weight is 315 g/mol. The van der Waals surface area contributed by atoms with Gasteiger partial charge in [0, 0.05) is 11.4 Å². The van der Waals surface area contributed by atoms with Gasteiger partial charge in [0.2, 0.25) is 6.10 Å². The normalized spacial score (nSPS) is 23.5. The number of rotatable bonds is 2. The molecule has 2 aliphatic heterocycles. The molecule has 0 saturated carbocycles. The molecular formula is C17H17NO3S. The lowest BCUT2D eigenvalue weighted by Crippen LogP contribution is -2.46. The van der Waals surface area contributed by atoms with E-state index in [1.807, 2.05) is 35.2 Å². The summed E-state index contributed by atoms with van der Waals surface area (Å²) in [5.41, 5.74) is 0. The van der Waals surface area contributed by atoms with Crippen molar-refractivity contribution in [3.8, 4) is 11.5 Å². The summed E-state index contributed by atoms with van der Waals surface area (Å²) in [6.45, 7) is 1.08. The van der Waals surface area contributed by atoms with Gasteiger partial charge in [0.05, 0.1) is 6.04 Å². The number of para-hydroxylation sites is 2. The highest BCUT2D eigenvalue weighted by atomic mass is 32.1. The highest BCUT2D eigenvalue weighted by molar-refractivity contribution is 7.10. The van der Waals surface area contributed by atoms with Crippen LogP contribution in [0.4, 0.5) is 0 Å². The Kier molecular flexibility index (Phi) is 3.50. The van der Waals surface area contributed by atoms with Gasteiger partial charge in [-0.25, -0.2) is 0 Å². The van der Waals surface area contributed by atoms with E-state index in [2.05, 4.69) is 11.4 Å². The van der Waals surface area contributed by atoms with Gasteiger partial charge in [0.15, 0.2) is 11.5 Å². The fourth-order valence-electron chi connectivity index (χ4n) is 3.13. The van der Waals surface area contributed by atoms with Gasteiger partial charge in [-0.1, -0.05) is 18.2 Å². The summed E-state index contributed by atoms with van der Waals surface area (Å²) in [5, 5.41) is 2.06. The van der Waals surface area contributed by atoms with Gasteiger partial charge in [-0.15, -0.1) is 11.3 Å². The standard InChI is InChI=1S/C17H17NO3S/c19-17(15-11-20-13-6-1-2-7-14(13)21-15)18-9-3-5-12(18)16-8-4-10-22-16/h1-2,4,6-8,10,12,15H,3,5,9,11H2/t12-,15+/m0/s1. The number of carbonyl (C=O) groups is 1. The zero-order valence-corrected chi connectivity index (χ0v) is 12.9. The van der Waals surface area contributed by atoms with Gasteiger partial charge < -0.3 is 14.4 Å². The number of nitrogens with zero attached hydrogens (tertiary/aromatic N) is 1. The Bertz CT molecular complexity index is 670. The van der Waals surface area contributed by atoms with Crippen molar-refractivity contribution < 1.29 is 14.3 Å². The molecule has 1 aromatic heterocycles. The van der Waals surface area contributed by atoms with Crippen LogP contribution >= 0.6 is 11.3 Å². The minimum absolute atomic E-state index is 0.0328. The highest BCUT2D eigenvalue weighted by Crippen LogP contribution is 2.37. The van der Waals surface area contributed by atoms with Crippen LogP contribution in [-0.4, -0.2) is 30.1 Å². The molecular weight excluding hydrogens is 298 g/mol. The van der Waals surface area contributed by atoms with E-state index in [1.54, 1.807) is 11.3 Å². The molecule has 3 heterocycles. The van der Waals surface area contributed by atoms with Crippen LogP contribution in [0.1, 0.15) is 23.8 Å². The molecule has 1 amide bonds. The van der Waals surface area contributed by atoms with E-state index in [9.17, 15) is 4.79 Å². The molecule has 1 aromatic carbocycles. The van der Waals surface area contributed by atoms with Crippen molar-refractivity contribution in [1.29, 1.82) is 0 Å². The number of ether oxygens (including phenoxy) is 2. The number of hydrogen-bond donors (Lipinski definition) is 0. The van der Waals surface area contributed by atoms with E-state index < -0.39 is 6.10 Å². The molecule has 1 fully saturated rings. The molecule has 22 heavy (non-hydrogen) atoms. The molecule has 2 atom stereocenters. The molecule has 1 saturated heterocycles. The quantitative estimate of drug-likeness (QED) is 0.854. The number of amides is 1. The first kappa shape index (κ1) is 13.6. The molecule has 0 aliphatic carbocycles. The van der Waals surface area contributed by atoms with Crippen molar-refractivity contribution >= 4 is 17.2 Å². The molecule has 2 aromatic rings. The van der Waals surface area contributed by atoms with Gasteiger partial charge >= 0.3 is 0 Å². The maximum Gasteiger partial charge on any atom is 0.267 e. The van der Waals surface area contributed by atoms with E-state index in [1.165, 1.54) is 4.88 Å². The Hall–Kier alpha value is -2.01. The highest BCUT2D eigenvalue weighted by Gasteiger charge is 2.37. The zero-order chi connectivity index (χ0) is 14.9. The molecule has 0 N–H and O–H groups in total. The summed E-state index contributed by atoms with van der Waals surface area (Å²) in [5.74, 6) is 1.40. The van der Waals surface area contributed by atoms with Crippen LogP contribution in [0.2, 0.25) is 0 Å². The van der Waals surface area contributed by atoms with E-state index in [4.69, 9.17) is 9.47 Å². The Morgan fingerprint density at radius 1 is 1.18 bits per heavy atom. The number of carbonyl (C=O) groups excluding carboxylic acids is 1. The summed E-state index contributed by atoms with van der Waals surface area (Å²) in [6, 6.07) is 11.8. The minimum atomic E-state index is -0.546. The zero-order valence-electron chi connectivity index (χ0n) is 12.1. The number of thiophene rings is 1. The first-order valence-electron chi connectivity index (χ1n) is 7.55. The SMILES string of the molecule is O=C([C@H]1COc2ccccc2O1)N1CCC[C@H]1c1cccs1. The third-order valence-electron chi connectivity index (χ3n) is 4.19. The van der Waals surface area contributed by atoms with E-state index in [0.717, 1.165) is 19.4 Å². The Morgan fingerprint density at radius 2 is 2.05 bits per heavy atom.